The molecule has 0 heterocycles. The van der Waals surface area contributed by atoms with E-state index < -0.39 is 18.7 Å². The van der Waals surface area contributed by atoms with E-state index in [4.69, 9.17) is 5.11 Å². The number of nitrogens with zero attached hydrogens (tertiary/aromatic N) is 1. The van der Waals surface area contributed by atoms with E-state index in [-0.39, 0.29) is 6.04 Å². The minimum atomic E-state index is -4.23. The third-order valence-corrected chi connectivity index (χ3v) is 2.98. The molecule has 0 unspecified atom stereocenters. The number of anilines is 1. The van der Waals surface area contributed by atoms with E-state index in [2.05, 4.69) is 0 Å². The normalized spacial score (nSPS) is 15.6. The summed E-state index contributed by atoms with van der Waals surface area (Å²) in [4.78, 5) is 11.7. The predicted molar refractivity (Wildman–Crippen MR) is 69.5 cm³/mol. The van der Waals surface area contributed by atoms with Gasteiger partial charge < -0.3 is 10.0 Å². The highest BCUT2D eigenvalue weighted by Crippen LogP contribution is 2.34. The SMILES string of the molecule is O=C(O)C=Cc1ccc(N(CC(F)(F)F)C2CC2)cc1. The van der Waals surface area contributed by atoms with Crippen LogP contribution in [0.5, 0.6) is 0 Å². The topological polar surface area (TPSA) is 40.5 Å². The zero-order valence-electron chi connectivity index (χ0n) is 10.6. The quantitative estimate of drug-likeness (QED) is 0.844. The highest BCUT2D eigenvalue weighted by atomic mass is 19.4. The molecule has 0 aromatic heterocycles. The number of carbonyl (C=O) groups is 1. The Balaban J connectivity index is 2.12. The van der Waals surface area contributed by atoms with Crippen molar-refractivity contribution in [2.24, 2.45) is 0 Å². The molecule has 0 amide bonds. The van der Waals surface area contributed by atoms with Crippen molar-refractivity contribution in [2.45, 2.75) is 25.1 Å². The van der Waals surface area contributed by atoms with Gasteiger partial charge in [0.1, 0.15) is 6.54 Å². The van der Waals surface area contributed by atoms with Crippen LogP contribution in [0.15, 0.2) is 30.3 Å². The third kappa shape index (κ3) is 4.29. The van der Waals surface area contributed by atoms with E-state index in [1.54, 1.807) is 24.3 Å². The molecule has 0 atom stereocenters. The maximum absolute atomic E-state index is 12.6. The second-order valence-electron chi connectivity index (χ2n) is 4.74. The molecule has 108 valence electrons. The van der Waals surface area contributed by atoms with E-state index >= 15 is 0 Å². The van der Waals surface area contributed by atoms with Crippen LogP contribution in [0.1, 0.15) is 18.4 Å². The van der Waals surface area contributed by atoms with Crippen molar-refractivity contribution in [2.75, 3.05) is 11.4 Å². The van der Waals surface area contributed by atoms with Gasteiger partial charge in [0.05, 0.1) is 0 Å². The van der Waals surface area contributed by atoms with Crippen LogP contribution in [0.3, 0.4) is 0 Å². The minimum Gasteiger partial charge on any atom is -0.478 e. The summed E-state index contributed by atoms with van der Waals surface area (Å²) in [7, 11) is 0. The van der Waals surface area contributed by atoms with Gasteiger partial charge in [-0.3, -0.25) is 0 Å². The largest absolute Gasteiger partial charge is 0.478 e. The molecule has 0 aliphatic heterocycles. The number of halogens is 3. The number of carboxylic acid groups (broad SMARTS) is 1. The second-order valence-corrected chi connectivity index (χ2v) is 4.74. The average molecular weight is 285 g/mol. The zero-order chi connectivity index (χ0) is 14.8. The van der Waals surface area contributed by atoms with E-state index in [0.717, 1.165) is 18.9 Å². The van der Waals surface area contributed by atoms with Gasteiger partial charge in [-0.15, -0.1) is 0 Å². The lowest BCUT2D eigenvalue weighted by Gasteiger charge is -2.26. The molecule has 0 bridgehead atoms. The summed E-state index contributed by atoms with van der Waals surface area (Å²) in [6, 6.07) is 6.36. The van der Waals surface area contributed by atoms with E-state index in [9.17, 15) is 18.0 Å². The average Bonchev–Trinajstić information content (AvgIpc) is 3.17. The van der Waals surface area contributed by atoms with Crippen molar-refractivity contribution in [3.05, 3.63) is 35.9 Å². The maximum atomic E-state index is 12.6. The van der Waals surface area contributed by atoms with Crippen molar-refractivity contribution in [1.29, 1.82) is 0 Å². The summed E-state index contributed by atoms with van der Waals surface area (Å²) in [6.45, 7) is -0.956. The van der Waals surface area contributed by atoms with E-state index in [0.29, 0.717) is 11.3 Å². The molecular weight excluding hydrogens is 271 g/mol. The highest BCUT2D eigenvalue weighted by molar-refractivity contribution is 5.85. The van der Waals surface area contributed by atoms with Crippen LogP contribution in [-0.4, -0.2) is 29.8 Å². The van der Waals surface area contributed by atoms with E-state index in [1.165, 1.54) is 11.0 Å². The zero-order valence-corrected chi connectivity index (χ0v) is 10.6. The van der Waals surface area contributed by atoms with Gasteiger partial charge in [-0.1, -0.05) is 12.1 Å². The smallest absolute Gasteiger partial charge is 0.405 e. The van der Waals surface area contributed by atoms with Crippen molar-refractivity contribution in [3.8, 4) is 0 Å². The van der Waals surface area contributed by atoms with Gasteiger partial charge in [0, 0.05) is 17.8 Å². The van der Waals surface area contributed by atoms with Crippen LogP contribution < -0.4 is 4.90 Å². The van der Waals surface area contributed by atoms with Crippen LogP contribution in [0.4, 0.5) is 18.9 Å². The first kappa shape index (κ1) is 14.4. The molecule has 0 spiro atoms. The third-order valence-electron chi connectivity index (χ3n) is 2.98. The lowest BCUT2D eigenvalue weighted by atomic mass is 10.1. The molecule has 1 N–H and O–H groups in total. The summed E-state index contributed by atoms with van der Waals surface area (Å²) < 4.78 is 37.7. The fraction of sp³-hybridized carbons (Fsp3) is 0.357. The van der Waals surface area contributed by atoms with E-state index in [1.807, 2.05) is 0 Å². The molecule has 1 aromatic rings. The number of benzene rings is 1. The Kier molecular flexibility index (Phi) is 4.01. The molecule has 1 aliphatic carbocycles. The van der Waals surface area contributed by atoms with Crippen LogP contribution in [0, 0.1) is 0 Å². The van der Waals surface area contributed by atoms with Gasteiger partial charge in [0.15, 0.2) is 0 Å². The molecule has 0 radical (unpaired) electrons. The lowest BCUT2D eigenvalue weighted by Crippen LogP contribution is -2.35. The lowest BCUT2D eigenvalue weighted by molar-refractivity contribution is -0.131. The Hall–Kier alpha value is -1.98. The monoisotopic (exact) mass is 285 g/mol. The molecule has 6 heteroatoms. The summed E-state index contributed by atoms with van der Waals surface area (Å²) in [5.41, 5.74) is 1.15. The summed E-state index contributed by atoms with van der Waals surface area (Å²) in [5.74, 6) is -1.06. The molecule has 1 aromatic carbocycles. The highest BCUT2D eigenvalue weighted by Gasteiger charge is 2.38. The molecule has 1 fully saturated rings. The fourth-order valence-corrected chi connectivity index (χ4v) is 1.95. The van der Waals surface area contributed by atoms with Gasteiger partial charge in [0.2, 0.25) is 0 Å². The van der Waals surface area contributed by atoms with Crippen LogP contribution in [0.2, 0.25) is 0 Å². The molecule has 1 saturated carbocycles. The number of hydrogen-bond donors (Lipinski definition) is 1. The standard InChI is InChI=1S/C14H14F3NO2/c15-14(16,17)9-18(12-6-7-12)11-4-1-10(2-5-11)3-8-13(19)20/h1-5,8,12H,6-7,9H2,(H,19,20). The summed E-state index contributed by atoms with van der Waals surface area (Å²) >= 11 is 0. The number of rotatable bonds is 5. The predicted octanol–water partition coefficient (Wildman–Crippen LogP) is 3.32. The van der Waals surface area contributed by atoms with Gasteiger partial charge in [-0.05, 0) is 36.6 Å². The van der Waals surface area contributed by atoms with Crippen LogP contribution in [0.25, 0.3) is 6.08 Å². The Morgan fingerprint density at radius 2 is 1.90 bits per heavy atom. The number of carboxylic acids is 1. The molecule has 3 nitrogen and oxygen atoms in total. The summed E-state index contributed by atoms with van der Waals surface area (Å²) in [5, 5.41) is 8.51. The number of alkyl halides is 3. The van der Waals surface area contributed by atoms with Crippen LogP contribution >= 0.6 is 0 Å². The van der Waals surface area contributed by atoms with Crippen molar-refractivity contribution in [1.82, 2.24) is 0 Å². The summed E-state index contributed by atoms with van der Waals surface area (Å²) in [6.07, 6.45) is -0.293. The molecule has 0 saturated heterocycles. The second kappa shape index (κ2) is 5.56. The Bertz CT molecular complexity index is 504. The maximum Gasteiger partial charge on any atom is 0.405 e. The van der Waals surface area contributed by atoms with Gasteiger partial charge in [0.25, 0.3) is 0 Å². The Labute approximate surface area is 114 Å². The molecule has 1 aliphatic rings. The fourth-order valence-electron chi connectivity index (χ4n) is 1.95. The first-order valence-corrected chi connectivity index (χ1v) is 6.19. The molecular formula is C14H14F3NO2. The van der Waals surface area contributed by atoms with Gasteiger partial charge in [-0.2, -0.15) is 13.2 Å². The number of hydrogen-bond acceptors (Lipinski definition) is 2. The van der Waals surface area contributed by atoms with Crippen LogP contribution in [-0.2, 0) is 4.79 Å². The van der Waals surface area contributed by atoms with Crippen molar-refractivity contribution < 1.29 is 23.1 Å². The van der Waals surface area contributed by atoms with Gasteiger partial charge in [-0.25, -0.2) is 4.79 Å². The van der Waals surface area contributed by atoms with Crippen molar-refractivity contribution >= 4 is 17.7 Å². The minimum absolute atomic E-state index is 0.0444. The first-order chi connectivity index (χ1) is 9.35. The molecule has 2 rings (SSSR count). The first-order valence-electron chi connectivity index (χ1n) is 6.19. The Morgan fingerprint density at radius 1 is 1.30 bits per heavy atom. The van der Waals surface area contributed by atoms with Gasteiger partial charge >= 0.3 is 12.1 Å². The Morgan fingerprint density at radius 3 is 2.35 bits per heavy atom. The molecule has 20 heavy (non-hydrogen) atoms. The number of aliphatic carboxylic acids is 1. The van der Waals surface area contributed by atoms with Crippen molar-refractivity contribution in [3.63, 3.8) is 0 Å².